The van der Waals surface area contributed by atoms with Crippen LogP contribution in [-0.4, -0.2) is 9.78 Å². The van der Waals surface area contributed by atoms with Gasteiger partial charge in [0.2, 0.25) is 0 Å². The number of nitrogens with two attached hydrogens (primary N) is 1. The van der Waals surface area contributed by atoms with Gasteiger partial charge < -0.3 is 5.73 Å². The Balaban J connectivity index is 2.41. The van der Waals surface area contributed by atoms with Crippen molar-refractivity contribution in [3.8, 4) is 6.07 Å². The summed E-state index contributed by atoms with van der Waals surface area (Å²) in [4.78, 5) is 0. The Hall–Kier alpha value is -1.99. The summed E-state index contributed by atoms with van der Waals surface area (Å²) in [5.41, 5.74) is 7.76. The Morgan fingerprint density at radius 1 is 1.47 bits per heavy atom. The second kappa shape index (κ2) is 4.48. The normalized spacial score (nSPS) is 10.2. The highest BCUT2D eigenvalue weighted by Gasteiger charge is 2.14. The minimum Gasteiger partial charge on any atom is -0.383 e. The Morgan fingerprint density at radius 2 is 2.18 bits per heavy atom. The number of nitriles is 1. The maximum Gasteiger partial charge on any atom is 0.139 e. The minimum absolute atomic E-state index is 0.384. The Kier molecular flexibility index (Phi) is 3.03. The maximum absolute atomic E-state index is 9.04. The van der Waals surface area contributed by atoms with Gasteiger partial charge in [-0.2, -0.15) is 10.4 Å². The number of hydrogen-bond acceptors (Lipinski definition) is 3. The van der Waals surface area contributed by atoms with Crippen LogP contribution in [0.5, 0.6) is 0 Å². The molecule has 2 N–H and O–H groups in total. The lowest BCUT2D eigenvalue weighted by Gasteiger charge is -2.01. The summed E-state index contributed by atoms with van der Waals surface area (Å²) in [7, 11) is 1.71. The lowest BCUT2D eigenvalue weighted by molar-refractivity contribution is 0.759. The van der Waals surface area contributed by atoms with Crippen molar-refractivity contribution in [3.63, 3.8) is 0 Å². The van der Waals surface area contributed by atoms with Gasteiger partial charge in [0.05, 0.1) is 5.69 Å². The molecule has 0 unspecified atom stereocenters. The minimum atomic E-state index is 0.384. The highest BCUT2D eigenvalue weighted by Crippen LogP contribution is 2.22. The van der Waals surface area contributed by atoms with Crippen LogP contribution in [0.3, 0.4) is 0 Å². The van der Waals surface area contributed by atoms with Gasteiger partial charge in [0, 0.05) is 18.5 Å². The van der Waals surface area contributed by atoms with Crippen LogP contribution in [0.25, 0.3) is 0 Å². The van der Waals surface area contributed by atoms with Crippen molar-refractivity contribution < 1.29 is 0 Å². The second-order valence-corrected chi connectivity index (χ2v) is 4.12. The number of nitrogen functional groups attached to an aromatic ring is 1. The van der Waals surface area contributed by atoms with Gasteiger partial charge in [0.15, 0.2) is 0 Å². The first-order chi connectivity index (χ1) is 8.13. The molecule has 0 aliphatic carbocycles. The molecule has 17 heavy (non-hydrogen) atoms. The summed E-state index contributed by atoms with van der Waals surface area (Å²) < 4.78 is 1.50. The average molecular weight is 247 g/mol. The van der Waals surface area contributed by atoms with Crippen molar-refractivity contribution in [1.82, 2.24) is 9.78 Å². The predicted octanol–water partition coefficient (Wildman–Crippen LogP) is 2.12. The van der Waals surface area contributed by atoms with E-state index in [0.717, 1.165) is 5.56 Å². The molecular weight excluding hydrogens is 236 g/mol. The molecule has 86 valence electrons. The van der Waals surface area contributed by atoms with Gasteiger partial charge >= 0.3 is 0 Å². The zero-order valence-electron chi connectivity index (χ0n) is 9.31. The monoisotopic (exact) mass is 246 g/mol. The molecule has 1 aromatic carbocycles. The average Bonchev–Trinajstić information content (AvgIpc) is 2.58. The van der Waals surface area contributed by atoms with Gasteiger partial charge in [-0.1, -0.05) is 29.8 Å². The van der Waals surface area contributed by atoms with E-state index in [0.29, 0.717) is 28.5 Å². The first-order valence-electron chi connectivity index (χ1n) is 5.08. The van der Waals surface area contributed by atoms with Crippen LogP contribution in [0.2, 0.25) is 5.02 Å². The number of anilines is 1. The van der Waals surface area contributed by atoms with E-state index in [-0.39, 0.29) is 0 Å². The van der Waals surface area contributed by atoms with Crippen molar-refractivity contribution in [2.75, 3.05) is 5.73 Å². The number of nitrogens with zero attached hydrogens (tertiary/aromatic N) is 3. The van der Waals surface area contributed by atoms with Crippen LogP contribution < -0.4 is 5.73 Å². The summed E-state index contributed by atoms with van der Waals surface area (Å²) in [6.45, 7) is 0. The Morgan fingerprint density at radius 3 is 2.82 bits per heavy atom. The fraction of sp³-hybridized carbons (Fsp3) is 0.167. The molecule has 0 spiro atoms. The van der Waals surface area contributed by atoms with Crippen LogP contribution >= 0.6 is 11.6 Å². The largest absolute Gasteiger partial charge is 0.383 e. The Labute approximate surface area is 104 Å². The summed E-state index contributed by atoms with van der Waals surface area (Å²) in [5, 5.41) is 13.9. The molecule has 0 radical (unpaired) electrons. The second-order valence-electron chi connectivity index (χ2n) is 3.71. The van der Waals surface area contributed by atoms with Crippen molar-refractivity contribution in [2.45, 2.75) is 6.42 Å². The number of rotatable bonds is 2. The van der Waals surface area contributed by atoms with Crippen molar-refractivity contribution in [1.29, 1.82) is 5.26 Å². The molecule has 0 aliphatic rings. The molecule has 1 heterocycles. The lowest BCUT2D eigenvalue weighted by Crippen LogP contribution is -1.98. The van der Waals surface area contributed by atoms with Crippen molar-refractivity contribution in [3.05, 3.63) is 46.1 Å². The highest BCUT2D eigenvalue weighted by molar-refractivity contribution is 6.31. The lowest BCUT2D eigenvalue weighted by atomic mass is 10.1. The van der Waals surface area contributed by atoms with E-state index in [2.05, 4.69) is 11.2 Å². The molecule has 1 aromatic heterocycles. The molecule has 0 bridgehead atoms. The number of halogens is 1. The van der Waals surface area contributed by atoms with Crippen molar-refractivity contribution in [2.24, 2.45) is 7.05 Å². The van der Waals surface area contributed by atoms with E-state index < -0.39 is 0 Å². The van der Waals surface area contributed by atoms with Gasteiger partial charge in [-0.3, -0.25) is 4.68 Å². The van der Waals surface area contributed by atoms with Gasteiger partial charge in [0.1, 0.15) is 17.5 Å². The van der Waals surface area contributed by atoms with Gasteiger partial charge in [-0.05, 0) is 11.6 Å². The summed E-state index contributed by atoms with van der Waals surface area (Å²) in [6, 6.07) is 9.57. The first kappa shape index (κ1) is 11.5. The van der Waals surface area contributed by atoms with Crippen LogP contribution in [-0.2, 0) is 13.5 Å². The summed E-state index contributed by atoms with van der Waals surface area (Å²) in [6.07, 6.45) is 0.508. The third-order valence-electron chi connectivity index (χ3n) is 2.59. The fourth-order valence-electron chi connectivity index (χ4n) is 1.66. The molecule has 2 rings (SSSR count). The topological polar surface area (TPSA) is 67.6 Å². The van der Waals surface area contributed by atoms with Gasteiger partial charge in [-0.15, -0.1) is 0 Å². The standard InChI is InChI=1S/C12H11ClN4/c1-17-12(15)9(7-14)11(16-17)6-8-4-2-3-5-10(8)13/h2-5H,6,15H2,1H3. The zero-order chi connectivity index (χ0) is 12.4. The number of aromatic nitrogens is 2. The van der Waals surface area contributed by atoms with Gasteiger partial charge in [0.25, 0.3) is 0 Å². The third-order valence-corrected chi connectivity index (χ3v) is 2.96. The molecule has 0 aliphatic heterocycles. The molecule has 0 amide bonds. The van der Waals surface area contributed by atoms with Crippen molar-refractivity contribution >= 4 is 17.4 Å². The van der Waals surface area contributed by atoms with E-state index in [1.807, 2.05) is 24.3 Å². The van der Waals surface area contributed by atoms with E-state index in [1.54, 1.807) is 7.05 Å². The highest BCUT2D eigenvalue weighted by atomic mass is 35.5. The molecule has 0 saturated heterocycles. The molecule has 5 heteroatoms. The van der Waals surface area contributed by atoms with Crippen LogP contribution in [0.15, 0.2) is 24.3 Å². The predicted molar refractivity (Wildman–Crippen MR) is 66.6 cm³/mol. The quantitative estimate of drug-likeness (QED) is 0.883. The van der Waals surface area contributed by atoms with Crippen LogP contribution in [0, 0.1) is 11.3 Å². The van der Waals surface area contributed by atoms with E-state index in [4.69, 9.17) is 22.6 Å². The maximum atomic E-state index is 9.04. The van der Waals surface area contributed by atoms with Crippen LogP contribution in [0.1, 0.15) is 16.8 Å². The number of aryl methyl sites for hydroxylation is 1. The molecule has 4 nitrogen and oxygen atoms in total. The fourth-order valence-corrected chi connectivity index (χ4v) is 1.86. The number of hydrogen-bond donors (Lipinski definition) is 1. The molecule has 0 saturated carbocycles. The zero-order valence-corrected chi connectivity index (χ0v) is 10.1. The van der Waals surface area contributed by atoms with E-state index >= 15 is 0 Å². The Bertz CT molecular complexity index is 595. The summed E-state index contributed by atoms with van der Waals surface area (Å²) in [5.74, 6) is 0.384. The van der Waals surface area contributed by atoms with E-state index in [9.17, 15) is 0 Å². The molecule has 2 aromatic rings. The SMILES string of the molecule is Cn1nc(Cc2ccccc2Cl)c(C#N)c1N. The third kappa shape index (κ3) is 2.10. The molecule has 0 atom stereocenters. The number of benzene rings is 1. The molecular formula is C12H11ClN4. The van der Waals surface area contributed by atoms with Gasteiger partial charge in [-0.25, -0.2) is 0 Å². The smallest absolute Gasteiger partial charge is 0.139 e. The van der Waals surface area contributed by atoms with Crippen LogP contribution in [0.4, 0.5) is 5.82 Å². The van der Waals surface area contributed by atoms with E-state index in [1.165, 1.54) is 4.68 Å². The molecule has 0 fully saturated rings. The summed E-state index contributed by atoms with van der Waals surface area (Å²) >= 11 is 6.07. The first-order valence-corrected chi connectivity index (χ1v) is 5.46.